The molecule has 2 aromatic heterocycles. The molecule has 23 heavy (non-hydrogen) atoms. The number of carbonyl (C=O) groups excluding carboxylic acids is 1. The molecular weight excluding hydrogens is 360 g/mol. The smallest absolute Gasteiger partial charge is 0.320 e. The van der Waals surface area contributed by atoms with Crippen molar-refractivity contribution in [3.05, 3.63) is 22.9 Å². The molecule has 0 aromatic carbocycles. The minimum Gasteiger partial charge on any atom is -0.367 e. The fourth-order valence-electron chi connectivity index (χ4n) is 2.67. The molecular formula is C15H21BrN6O. The van der Waals surface area contributed by atoms with Gasteiger partial charge in [-0.25, -0.2) is 14.3 Å². The SMILES string of the molecule is CC(C)(C)N1CCN(CCNc2ccc3ncc(Br)n3n2)C1=O. The molecule has 0 radical (unpaired) electrons. The molecule has 2 amide bonds. The third kappa shape index (κ3) is 3.26. The molecule has 1 fully saturated rings. The normalized spacial score (nSPS) is 15.7. The molecule has 0 saturated carbocycles. The van der Waals surface area contributed by atoms with Gasteiger partial charge in [-0.15, -0.1) is 5.10 Å². The zero-order valence-electron chi connectivity index (χ0n) is 13.6. The number of halogens is 1. The lowest BCUT2D eigenvalue weighted by atomic mass is 10.1. The summed E-state index contributed by atoms with van der Waals surface area (Å²) in [5, 5.41) is 7.72. The summed E-state index contributed by atoms with van der Waals surface area (Å²) in [5.41, 5.74) is 0.664. The quantitative estimate of drug-likeness (QED) is 0.884. The third-order valence-electron chi connectivity index (χ3n) is 3.91. The summed E-state index contributed by atoms with van der Waals surface area (Å²) in [6.07, 6.45) is 1.72. The van der Waals surface area contributed by atoms with Gasteiger partial charge in [0.25, 0.3) is 0 Å². The van der Waals surface area contributed by atoms with Crippen LogP contribution in [0.1, 0.15) is 20.8 Å². The van der Waals surface area contributed by atoms with Crippen molar-refractivity contribution in [2.24, 2.45) is 0 Å². The van der Waals surface area contributed by atoms with Crippen molar-refractivity contribution in [2.75, 3.05) is 31.5 Å². The van der Waals surface area contributed by atoms with Crippen molar-refractivity contribution in [2.45, 2.75) is 26.3 Å². The van der Waals surface area contributed by atoms with Gasteiger partial charge in [-0.05, 0) is 48.8 Å². The monoisotopic (exact) mass is 380 g/mol. The number of hydrogen-bond acceptors (Lipinski definition) is 4. The van der Waals surface area contributed by atoms with Crippen LogP contribution < -0.4 is 5.32 Å². The molecule has 0 atom stereocenters. The predicted octanol–water partition coefficient (Wildman–Crippen LogP) is 2.44. The van der Waals surface area contributed by atoms with Gasteiger partial charge in [0.15, 0.2) is 5.65 Å². The summed E-state index contributed by atoms with van der Waals surface area (Å²) >= 11 is 3.41. The van der Waals surface area contributed by atoms with E-state index in [1.54, 1.807) is 10.7 Å². The van der Waals surface area contributed by atoms with Gasteiger partial charge in [-0.3, -0.25) is 0 Å². The Bertz CT molecular complexity index is 722. The zero-order valence-corrected chi connectivity index (χ0v) is 15.2. The number of imidazole rings is 1. The molecule has 124 valence electrons. The maximum absolute atomic E-state index is 12.4. The van der Waals surface area contributed by atoms with Crippen LogP contribution in [0.15, 0.2) is 22.9 Å². The van der Waals surface area contributed by atoms with E-state index >= 15 is 0 Å². The first-order chi connectivity index (χ1) is 10.9. The van der Waals surface area contributed by atoms with Gasteiger partial charge in [0.05, 0.1) is 6.20 Å². The number of anilines is 1. The maximum Gasteiger partial charge on any atom is 0.320 e. The molecule has 2 aromatic rings. The first-order valence-corrected chi connectivity index (χ1v) is 8.46. The van der Waals surface area contributed by atoms with Gasteiger partial charge in [0.2, 0.25) is 0 Å². The van der Waals surface area contributed by atoms with Crippen LogP contribution in [0.25, 0.3) is 5.65 Å². The summed E-state index contributed by atoms with van der Waals surface area (Å²) in [5.74, 6) is 0.760. The Morgan fingerprint density at radius 1 is 1.30 bits per heavy atom. The highest BCUT2D eigenvalue weighted by atomic mass is 79.9. The summed E-state index contributed by atoms with van der Waals surface area (Å²) < 4.78 is 2.54. The van der Waals surface area contributed by atoms with Crippen LogP contribution in [0, 0.1) is 0 Å². The maximum atomic E-state index is 12.4. The van der Waals surface area contributed by atoms with Gasteiger partial charge in [0.1, 0.15) is 10.4 Å². The minimum absolute atomic E-state index is 0.111. The number of rotatable bonds is 4. The number of amides is 2. The van der Waals surface area contributed by atoms with Crippen LogP contribution in [-0.2, 0) is 0 Å². The number of aromatic nitrogens is 3. The molecule has 3 heterocycles. The highest BCUT2D eigenvalue weighted by molar-refractivity contribution is 9.10. The van der Waals surface area contributed by atoms with Crippen molar-refractivity contribution in [1.82, 2.24) is 24.4 Å². The lowest BCUT2D eigenvalue weighted by molar-refractivity contribution is 0.156. The standard InChI is InChI=1S/C15H21BrN6O/c1-15(2,3)21-9-8-20(14(21)23)7-6-17-12-4-5-13-18-10-11(16)22(13)19-12/h4-5,10H,6-9H2,1-3H3,(H,17,19). The van der Waals surface area contributed by atoms with Crippen molar-refractivity contribution in [1.29, 1.82) is 0 Å². The molecule has 0 spiro atoms. The van der Waals surface area contributed by atoms with Crippen LogP contribution in [-0.4, -0.2) is 62.1 Å². The van der Waals surface area contributed by atoms with Crippen LogP contribution in [0.5, 0.6) is 0 Å². The number of urea groups is 1. The van der Waals surface area contributed by atoms with Crippen molar-refractivity contribution in [3.63, 3.8) is 0 Å². The third-order valence-corrected chi connectivity index (χ3v) is 4.45. The molecule has 7 nitrogen and oxygen atoms in total. The summed E-state index contributed by atoms with van der Waals surface area (Å²) in [6, 6.07) is 3.91. The molecule has 0 bridgehead atoms. The van der Waals surface area contributed by atoms with Crippen LogP contribution in [0.2, 0.25) is 0 Å². The second kappa shape index (κ2) is 5.99. The number of nitrogens with one attached hydrogen (secondary N) is 1. The van der Waals surface area contributed by atoms with Crippen LogP contribution in [0.3, 0.4) is 0 Å². The Balaban J connectivity index is 1.57. The van der Waals surface area contributed by atoms with Gasteiger partial charge < -0.3 is 15.1 Å². The Hall–Kier alpha value is -1.83. The summed E-state index contributed by atoms with van der Waals surface area (Å²) in [4.78, 5) is 20.4. The number of hydrogen-bond donors (Lipinski definition) is 1. The van der Waals surface area contributed by atoms with Crippen LogP contribution in [0.4, 0.5) is 10.6 Å². The average molecular weight is 381 g/mol. The van der Waals surface area contributed by atoms with Crippen LogP contribution >= 0.6 is 15.9 Å². The van der Waals surface area contributed by atoms with E-state index in [0.717, 1.165) is 29.2 Å². The molecule has 8 heteroatoms. The van der Waals surface area contributed by atoms with E-state index in [9.17, 15) is 4.79 Å². The van der Waals surface area contributed by atoms with Gasteiger partial charge in [-0.2, -0.15) is 0 Å². The number of fused-ring (bicyclic) bond motifs is 1. The Morgan fingerprint density at radius 3 is 2.78 bits per heavy atom. The summed E-state index contributed by atoms with van der Waals surface area (Å²) in [7, 11) is 0. The number of carbonyl (C=O) groups is 1. The Morgan fingerprint density at radius 2 is 2.09 bits per heavy atom. The predicted molar refractivity (Wildman–Crippen MR) is 92.6 cm³/mol. The molecule has 3 rings (SSSR count). The van der Waals surface area contributed by atoms with E-state index in [0.29, 0.717) is 13.1 Å². The topological polar surface area (TPSA) is 65.8 Å². The zero-order chi connectivity index (χ0) is 16.6. The molecule has 0 unspecified atom stereocenters. The lowest BCUT2D eigenvalue weighted by Crippen LogP contribution is -2.44. The van der Waals surface area contributed by atoms with E-state index in [-0.39, 0.29) is 11.6 Å². The lowest BCUT2D eigenvalue weighted by Gasteiger charge is -2.31. The second-order valence-electron chi connectivity index (χ2n) is 6.59. The first-order valence-electron chi connectivity index (χ1n) is 7.67. The van der Waals surface area contributed by atoms with E-state index in [1.165, 1.54) is 0 Å². The highest BCUT2D eigenvalue weighted by Crippen LogP contribution is 2.20. The molecule has 1 saturated heterocycles. The van der Waals surface area contributed by atoms with E-state index in [1.807, 2.05) is 21.9 Å². The Kier molecular flexibility index (Phi) is 4.18. The summed E-state index contributed by atoms with van der Waals surface area (Å²) in [6.45, 7) is 9.08. The molecule has 1 aliphatic heterocycles. The largest absolute Gasteiger partial charge is 0.367 e. The first kappa shape index (κ1) is 16.0. The van der Waals surface area contributed by atoms with E-state index in [2.05, 4.69) is 52.1 Å². The van der Waals surface area contributed by atoms with Gasteiger partial charge in [0, 0.05) is 31.7 Å². The second-order valence-corrected chi connectivity index (χ2v) is 7.40. The molecule has 0 aliphatic carbocycles. The van der Waals surface area contributed by atoms with Crippen molar-refractivity contribution >= 4 is 33.4 Å². The fraction of sp³-hybridized carbons (Fsp3) is 0.533. The highest BCUT2D eigenvalue weighted by Gasteiger charge is 2.35. The average Bonchev–Trinajstić information content (AvgIpc) is 3.03. The van der Waals surface area contributed by atoms with Gasteiger partial charge >= 0.3 is 6.03 Å². The van der Waals surface area contributed by atoms with Crippen molar-refractivity contribution in [3.8, 4) is 0 Å². The minimum atomic E-state index is -0.125. The molecule has 1 aliphatic rings. The fourth-order valence-corrected chi connectivity index (χ4v) is 3.03. The van der Waals surface area contributed by atoms with Crippen molar-refractivity contribution < 1.29 is 4.79 Å². The number of nitrogens with zero attached hydrogens (tertiary/aromatic N) is 5. The Labute approximate surface area is 143 Å². The van der Waals surface area contributed by atoms with E-state index < -0.39 is 0 Å². The van der Waals surface area contributed by atoms with Gasteiger partial charge in [-0.1, -0.05) is 0 Å². The molecule has 1 N–H and O–H groups in total. The van der Waals surface area contributed by atoms with E-state index in [4.69, 9.17) is 0 Å².